The van der Waals surface area contributed by atoms with Crippen LogP contribution >= 0.6 is 13.4 Å². The molecule has 3 aliphatic rings. The van der Waals surface area contributed by atoms with Crippen LogP contribution in [-0.4, -0.2) is 104 Å². The van der Waals surface area contributed by atoms with Gasteiger partial charge < -0.3 is 50.9 Å². The van der Waals surface area contributed by atoms with Gasteiger partial charge in [-0.2, -0.15) is 0 Å². The highest BCUT2D eigenvalue weighted by atomic mass is 32.5. The number of H-pyrrole nitrogens is 1. The van der Waals surface area contributed by atoms with E-state index in [-0.39, 0.29) is 59.1 Å². The first kappa shape index (κ1) is 44.1. The molecule has 2 bridgehead atoms. The van der Waals surface area contributed by atoms with Gasteiger partial charge in [0.25, 0.3) is 5.56 Å². The number of hydrogen-bond donors (Lipinski definition) is 4. The van der Waals surface area contributed by atoms with Crippen LogP contribution in [0.3, 0.4) is 0 Å². The van der Waals surface area contributed by atoms with Crippen molar-refractivity contribution in [2.24, 2.45) is 11.8 Å². The molecule has 4 N–H and O–H groups in total. The largest absolute Gasteiger partial charge is 0.474 e. The van der Waals surface area contributed by atoms with E-state index in [0.717, 1.165) is 0 Å². The molecule has 3 fully saturated rings. The molecule has 2 saturated carbocycles. The zero-order valence-electron chi connectivity index (χ0n) is 32.7. The maximum Gasteiger partial charge on any atom is 0.335 e. The van der Waals surface area contributed by atoms with Gasteiger partial charge in [0.15, 0.2) is 11.2 Å². The Hall–Kier alpha value is -1.47. The maximum atomic E-state index is 12.7. The Morgan fingerprint density at radius 1 is 0.929 bits per heavy atom. The number of fused-ring (bicyclic) bond motifs is 4. The molecule has 56 heavy (non-hydrogen) atoms. The standard InChI is InChI=1S/C32H53N7O11P2S2Si2/c1-18(2)55(43,19(3)4)50-56(20(5)6,21(7)8)49-29-23-12-25(39-31-28(37-38-39)32(40)36-17-35-31)30(29)48-52(42,54)44-14-22-11-24(46-27-9-10-33-16-34-27)13-26(22)47-51(41,53)45-15-23/h9-10,16-26,29-30,43H,11-15H2,1-8H3,(H,41,53)(H,42,54)(H,35,36,40)/t22-,23-,24-,25-,26+,29-,30+,51?,52?/m1/s1. The van der Waals surface area contributed by atoms with Crippen molar-refractivity contribution in [1.29, 1.82) is 0 Å². The van der Waals surface area contributed by atoms with Crippen molar-refractivity contribution in [3.63, 3.8) is 0 Å². The number of nitrogens with zero attached hydrogens (tertiary/aromatic N) is 6. The molecule has 3 aromatic rings. The van der Waals surface area contributed by atoms with Crippen LogP contribution in [0, 0.1) is 11.8 Å². The van der Waals surface area contributed by atoms with Gasteiger partial charge >= 0.3 is 30.6 Å². The van der Waals surface area contributed by atoms with Crippen LogP contribution in [0.1, 0.15) is 80.7 Å². The zero-order chi connectivity index (χ0) is 40.8. The summed E-state index contributed by atoms with van der Waals surface area (Å²) in [6.07, 6.45) is 2.06. The topological polar surface area (TPSA) is 228 Å². The molecule has 0 aromatic carbocycles. The lowest BCUT2D eigenvalue weighted by Gasteiger charge is -2.48. The summed E-state index contributed by atoms with van der Waals surface area (Å²) in [4.78, 5) is 63.4. The van der Waals surface area contributed by atoms with Gasteiger partial charge in [-0.15, -0.1) is 5.10 Å². The van der Waals surface area contributed by atoms with Gasteiger partial charge in [-0.1, -0.05) is 60.6 Å². The van der Waals surface area contributed by atoms with Crippen LogP contribution in [0.4, 0.5) is 0 Å². The number of aromatic amines is 1. The van der Waals surface area contributed by atoms with Gasteiger partial charge in [0.2, 0.25) is 5.88 Å². The fourth-order valence-corrected chi connectivity index (χ4v) is 21.1. The predicted molar refractivity (Wildman–Crippen MR) is 217 cm³/mol. The van der Waals surface area contributed by atoms with Crippen molar-refractivity contribution in [2.75, 3.05) is 13.2 Å². The highest BCUT2D eigenvalue weighted by Gasteiger charge is 2.59. The maximum absolute atomic E-state index is 12.7. The van der Waals surface area contributed by atoms with Crippen LogP contribution in [0.2, 0.25) is 22.2 Å². The number of ether oxygens (including phenoxy) is 1. The number of aromatic nitrogens is 7. The van der Waals surface area contributed by atoms with Gasteiger partial charge in [-0.05, 0) is 58.6 Å². The lowest BCUT2D eigenvalue weighted by molar-refractivity contribution is -0.00662. The van der Waals surface area contributed by atoms with E-state index >= 15 is 0 Å². The van der Waals surface area contributed by atoms with Crippen molar-refractivity contribution in [2.45, 2.75) is 127 Å². The Kier molecular flexibility index (Phi) is 13.6. The number of rotatable bonds is 11. The van der Waals surface area contributed by atoms with Crippen LogP contribution in [-0.2, 0) is 50.2 Å². The summed E-state index contributed by atoms with van der Waals surface area (Å²) >= 11 is 11.3. The lowest BCUT2D eigenvalue weighted by Crippen LogP contribution is -2.62. The highest BCUT2D eigenvalue weighted by molar-refractivity contribution is 8.07. The minimum Gasteiger partial charge on any atom is -0.474 e. The van der Waals surface area contributed by atoms with E-state index in [2.05, 4.69) is 30.2 Å². The van der Waals surface area contributed by atoms with E-state index in [1.165, 1.54) is 17.3 Å². The Morgan fingerprint density at radius 2 is 1.59 bits per heavy atom. The molecule has 2 aliphatic carbocycles. The molecule has 9 atom stereocenters. The van der Waals surface area contributed by atoms with Crippen molar-refractivity contribution >= 4 is 65.3 Å². The Morgan fingerprint density at radius 3 is 2.21 bits per heavy atom. The molecule has 1 aliphatic heterocycles. The van der Waals surface area contributed by atoms with Gasteiger partial charge in [0, 0.05) is 30.5 Å². The molecule has 1 saturated heterocycles. The molecule has 18 nitrogen and oxygen atoms in total. The molecule has 0 radical (unpaired) electrons. The fourth-order valence-electron chi connectivity index (χ4n) is 8.05. The van der Waals surface area contributed by atoms with Gasteiger partial charge in [-0.25, -0.2) is 19.6 Å². The van der Waals surface area contributed by atoms with E-state index in [0.29, 0.717) is 18.7 Å². The summed E-state index contributed by atoms with van der Waals surface area (Å²) in [7, 11) is -6.91. The van der Waals surface area contributed by atoms with Gasteiger partial charge in [0.1, 0.15) is 18.5 Å². The quantitative estimate of drug-likeness (QED) is 0.148. The molecule has 0 spiro atoms. The smallest absolute Gasteiger partial charge is 0.335 e. The SMILES string of the molecule is CC(C)[Si](O)(O[Si](O[C@@H]1[C@H]2COP(O)(=S)O[C@H]3C[C@H](Oc4ccncn4)C[C@@H]3COP(O)(=S)O[C@H]1[C@H](n1nnc3c(=O)[nH]cnc31)C2)(C(C)C)C(C)C)C(C)C. The molecular formula is C32H53N7O11P2S2Si2. The first-order valence-electron chi connectivity index (χ1n) is 18.9. The summed E-state index contributed by atoms with van der Waals surface area (Å²) in [5, 5.41) is 8.44. The molecule has 312 valence electrons. The van der Waals surface area contributed by atoms with Crippen molar-refractivity contribution < 1.29 is 46.0 Å². The molecule has 24 heteroatoms. The first-order valence-corrected chi connectivity index (χ1v) is 28.0. The monoisotopic (exact) mass is 893 g/mol. The van der Waals surface area contributed by atoms with Gasteiger partial charge in [0.05, 0.1) is 37.8 Å². The Bertz CT molecular complexity index is 1970. The summed E-state index contributed by atoms with van der Waals surface area (Å²) in [6.45, 7) is 7.60. The second-order valence-corrected chi connectivity index (χ2v) is 30.2. The minimum absolute atomic E-state index is 0.00382. The van der Waals surface area contributed by atoms with Crippen LogP contribution in [0.5, 0.6) is 5.88 Å². The normalized spacial score (nSPS) is 32.2. The third-order valence-electron chi connectivity index (χ3n) is 11.1. The van der Waals surface area contributed by atoms with E-state index in [9.17, 15) is 19.4 Å². The molecule has 2 unspecified atom stereocenters. The molecule has 6 rings (SSSR count). The first-order chi connectivity index (χ1) is 26.2. The van der Waals surface area contributed by atoms with E-state index in [4.69, 9.17) is 55.0 Å². The van der Waals surface area contributed by atoms with Gasteiger partial charge in [-0.3, -0.25) is 4.79 Å². The summed E-state index contributed by atoms with van der Waals surface area (Å²) in [5.74, 6) is -0.664. The molecule has 4 heterocycles. The predicted octanol–water partition coefficient (Wildman–Crippen LogP) is 4.89. The third kappa shape index (κ3) is 9.29. The van der Waals surface area contributed by atoms with Crippen LogP contribution < -0.4 is 10.3 Å². The highest BCUT2D eigenvalue weighted by Crippen LogP contribution is 2.57. The van der Waals surface area contributed by atoms with E-state index in [1.807, 2.05) is 55.4 Å². The van der Waals surface area contributed by atoms with Crippen molar-refractivity contribution in [3.8, 4) is 5.88 Å². The Labute approximate surface area is 338 Å². The third-order valence-corrected chi connectivity index (χ3v) is 24.0. The van der Waals surface area contributed by atoms with Crippen LogP contribution in [0.15, 0.2) is 29.7 Å². The summed E-state index contributed by atoms with van der Waals surface area (Å²) in [6, 6.07) is 0.852. The lowest BCUT2D eigenvalue weighted by atomic mass is 10.1. The fraction of sp³-hybridized carbons (Fsp3) is 0.750. The average molecular weight is 894 g/mol. The zero-order valence-corrected chi connectivity index (χ0v) is 38.1. The molecular weight excluding hydrogens is 841 g/mol. The molecule has 3 aromatic heterocycles. The number of nitrogens with one attached hydrogen (secondary N) is 1. The van der Waals surface area contributed by atoms with Crippen LogP contribution in [0.25, 0.3) is 11.2 Å². The average Bonchev–Trinajstić information content (AvgIpc) is 3.81. The van der Waals surface area contributed by atoms with Crippen molar-refractivity contribution in [1.82, 2.24) is 34.9 Å². The molecule has 0 amide bonds. The minimum atomic E-state index is -4.10. The Balaban J connectivity index is 1.42. The van der Waals surface area contributed by atoms with Crippen molar-refractivity contribution in [3.05, 3.63) is 35.3 Å². The van der Waals surface area contributed by atoms with E-state index in [1.54, 1.807) is 12.3 Å². The second-order valence-electron chi connectivity index (χ2n) is 16.0. The summed E-state index contributed by atoms with van der Waals surface area (Å²) < 4.78 is 47.0. The number of hydrogen-bond acceptors (Lipinski definition) is 16. The second kappa shape index (κ2) is 17.3. The van der Waals surface area contributed by atoms with E-state index < -0.39 is 72.3 Å². The summed E-state index contributed by atoms with van der Waals surface area (Å²) in [5.41, 5.74) is -0.981.